The molecular formula is C14H24N2O4. The van der Waals surface area contributed by atoms with Crippen molar-refractivity contribution in [2.45, 2.75) is 45.1 Å². The van der Waals surface area contributed by atoms with Crippen LogP contribution in [0.15, 0.2) is 0 Å². The minimum atomic E-state index is -0.737. The number of hydrogen-bond donors (Lipinski definition) is 2. The molecule has 0 spiro atoms. The Morgan fingerprint density at radius 2 is 2.10 bits per heavy atom. The average Bonchev–Trinajstić information content (AvgIpc) is 2.98. The lowest BCUT2D eigenvalue weighted by Crippen LogP contribution is -2.50. The van der Waals surface area contributed by atoms with Crippen LogP contribution in [0.1, 0.15) is 39.0 Å². The number of nitrogens with one attached hydrogen (secondary N) is 1. The molecule has 2 heterocycles. The topological polar surface area (TPSA) is 78.9 Å². The Balaban J connectivity index is 1.77. The molecule has 0 radical (unpaired) electrons. The second kappa shape index (κ2) is 6.43. The van der Waals surface area contributed by atoms with Gasteiger partial charge in [-0.2, -0.15) is 0 Å². The number of piperidine rings is 1. The first-order valence-corrected chi connectivity index (χ1v) is 7.45. The summed E-state index contributed by atoms with van der Waals surface area (Å²) in [4.78, 5) is 25.1. The van der Waals surface area contributed by atoms with Crippen LogP contribution in [0.4, 0.5) is 4.79 Å². The highest BCUT2D eigenvalue weighted by molar-refractivity contribution is 5.77. The molecule has 1 unspecified atom stereocenters. The van der Waals surface area contributed by atoms with Gasteiger partial charge in [0.15, 0.2) is 0 Å². The van der Waals surface area contributed by atoms with Crippen molar-refractivity contribution < 1.29 is 19.4 Å². The Bertz CT molecular complexity index is 358. The van der Waals surface area contributed by atoms with Gasteiger partial charge in [-0.15, -0.1) is 0 Å². The van der Waals surface area contributed by atoms with Crippen LogP contribution in [0.25, 0.3) is 0 Å². The molecule has 6 nitrogen and oxygen atoms in total. The fourth-order valence-corrected chi connectivity index (χ4v) is 2.97. The minimum Gasteiger partial charge on any atom is -0.481 e. The van der Waals surface area contributed by atoms with Crippen LogP contribution >= 0.6 is 0 Å². The summed E-state index contributed by atoms with van der Waals surface area (Å²) in [6.07, 6.45) is 3.88. The number of urea groups is 1. The van der Waals surface area contributed by atoms with E-state index in [1.165, 1.54) is 0 Å². The molecule has 2 aliphatic rings. The lowest BCUT2D eigenvalue weighted by atomic mass is 9.76. The smallest absolute Gasteiger partial charge is 0.317 e. The van der Waals surface area contributed by atoms with Crippen molar-refractivity contribution in [3.63, 3.8) is 0 Å². The van der Waals surface area contributed by atoms with Crippen LogP contribution in [-0.4, -0.2) is 54.4 Å². The van der Waals surface area contributed by atoms with Gasteiger partial charge in [0.25, 0.3) is 0 Å². The van der Waals surface area contributed by atoms with Gasteiger partial charge in [-0.1, -0.05) is 6.92 Å². The Morgan fingerprint density at radius 3 is 2.60 bits per heavy atom. The number of nitrogens with zero attached hydrogens (tertiary/aromatic N) is 1. The fourth-order valence-electron chi connectivity index (χ4n) is 2.97. The van der Waals surface area contributed by atoms with E-state index in [-0.39, 0.29) is 12.1 Å². The van der Waals surface area contributed by atoms with Crippen molar-refractivity contribution in [1.82, 2.24) is 10.2 Å². The van der Waals surface area contributed by atoms with Crippen LogP contribution < -0.4 is 5.32 Å². The zero-order chi connectivity index (χ0) is 14.6. The molecule has 0 bridgehead atoms. The van der Waals surface area contributed by atoms with Gasteiger partial charge < -0.3 is 20.1 Å². The normalized spacial score (nSPS) is 25.4. The number of carboxylic acid groups (broad SMARTS) is 1. The molecule has 2 rings (SSSR count). The average molecular weight is 284 g/mol. The number of ether oxygens (including phenoxy) is 1. The van der Waals surface area contributed by atoms with Crippen molar-refractivity contribution in [2.75, 3.05) is 26.2 Å². The van der Waals surface area contributed by atoms with Gasteiger partial charge in [0.2, 0.25) is 0 Å². The maximum absolute atomic E-state index is 12.0. The maximum Gasteiger partial charge on any atom is 0.317 e. The summed E-state index contributed by atoms with van der Waals surface area (Å²) in [5, 5.41) is 12.2. The molecule has 114 valence electrons. The number of carbonyl (C=O) groups excluding carboxylic acids is 1. The molecular weight excluding hydrogens is 260 g/mol. The Morgan fingerprint density at radius 1 is 1.40 bits per heavy atom. The molecule has 20 heavy (non-hydrogen) atoms. The number of carbonyl (C=O) groups is 2. The van der Waals surface area contributed by atoms with E-state index in [2.05, 4.69) is 5.32 Å². The molecule has 0 saturated carbocycles. The van der Waals surface area contributed by atoms with Gasteiger partial charge in [-0.25, -0.2) is 4.79 Å². The van der Waals surface area contributed by atoms with Gasteiger partial charge in [0.1, 0.15) is 0 Å². The first-order chi connectivity index (χ1) is 9.57. The van der Waals surface area contributed by atoms with Crippen LogP contribution in [0.2, 0.25) is 0 Å². The van der Waals surface area contributed by atoms with Crippen molar-refractivity contribution in [3.05, 3.63) is 0 Å². The number of amides is 2. The third kappa shape index (κ3) is 3.23. The SMILES string of the molecule is CCC1(C(=O)O)CCN(C(=O)NCC2CCCO2)CC1. The molecule has 2 N–H and O–H groups in total. The fraction of sp³-hybridized carbons (Fsp3) is 0.857. The summed E-state index contributed by atoms with van der Waals surface area (Å²) in [6.45, 7) is 4.26. The number of rotatable bonds is 4. The highest BCUT2D eigenvalue weighted by atomic mass is 16.5. The molecule has 1 atom stereocenters. The van der Waals surface area contributed by atoms with E-state index in [9.17, 15) is 14.7 Å². The first kappa shape index (κ1) is 15.1. The van der Waals surface area contributed by atoms with Crippen molar-refractivity contribution in [2.24, 2.45) is 5.41 Å². The zero-order valence-corrected chi connectivity index (χ0v) is 12.1. The Hall–Kier alpha value is -1.30. The van der Waals surface area contributed by atoms with Gasteiger partial charge >= 0.3 is 12.0 Å². The quantitative estimate of drug-likeness (QED) is 0.819. The van der Waals surface area contributed by atoms with E-state index < -0.39 is 11.4 Å². The van der Waals surface area contributed by atoms with Crippen LogP contribution in [-0.2, 0) is 9.53 Å². The van der Waals surface area contributed by atoms with Crippen LogP contribution in [0.5, 0.6) is 0 Å². The molecule has 2 aliphatic heterocycles. The standard InChI is InChI=1S/C14H24N2O4/c1-2-14(12(17)18)5-7-16(8-6-14)13(19)15-10-11-4-3-9-20-11/h11H,2-10H2,1H3,(H,15,19)(H,17,18). The molecule has 2 fully saturated rings. The summed E-state index contributed by atoms with van der Waals surface area (Å²) >= 11 is 0. The van der Waals surface area contributed by atoms with E-state index >= 15 is 0 Å². The lowest BCUT2D eigenvalue weighted by Gasteiger charge is -2.38. The summed E-state index contributed by atoms with van der Waals surface area (Å²) in [6, 6.07) is -0.101. The summed E-state index contributed by atoms with van der Waals surface area (Å²) < 4.78 is 5.46. The molecule has 2 amide bonds. The van der Waals surface area contributed by atoms with Crippen LogP contribution in [0, 0.1) is 5.41 Å². The molecule has 0 aromatic rings. The molecule has 2 saturated heterocycles. The second-order valence-electron chi connectivity index (χ2n) is 5.75. The monoisotopic (exact) mass is 284 g/mol. The number of likely N-dealkylation sites (tertiary alicyclic amines) is 1. The number of carboxylic acids is 1. The summed E-state index contributed by atoms with van der Waals surface area (Å²) in [5.74, 6) is -0.737. The molecule has 6 heteroatoms. The molecule has 0 aromatic carbocycles. The summed E-state index contributed by atoms with van der Waals surface area (Å²) in [5.41, 5.74) is -0.647. The third-order valence-corrected chi connectivity index (χ3v) is 4.64. The first-order valence-electron chi connectivity index (χ1n) is 7.45. The molecule has 0 aromatic heterocycles. The summed E-state index contributed by atoms with van der Waals surface area (Å²) in [7, 11) is 0. The van der Waals surface area contributed by atoms with Crippen molar-refractivity contribution >= 4 is 12.0 Å². The predicted octanol–water partition coefficient (Wildman–Crippen LogP) is 1.45. The van der Waals surface area contributed by atoms with Crippen LogP contribution in [0.3, 0.4) is 0 Å². The third-order valence-electron chi connectivity index (χ3n) is 4.64. The van der Waals surface area contributed by atoms with Gasteiger partial charge in [0.05, 0.1) is 11.5 Å². The molecule has 0 aliphatic carbocycles. The van der Waals surface area contributed by atoms with E-state index in [0.717, 1.165) is 19.4 Å². The number of aliphatic carboxylic acids is 1. The van der Waals surface area contributed by atoms with Gasteiger partial charge in [-0.05, 0) is 32.1 Å². The zero-order valence-electron chi connectivity index (χ0n) is 12.1. The highest BCUT2D eigenvalue weighted by Gasteiger charge is 2.40. The van der Waals surface area contributed by atoms with Gasteiger partial charge in [-0.3, -0.25) is 4.79 Å². The van der Waals surface area contributed by atoms with E-state index in [4.69, 9.17) is 4.74 Å². The van der Waals surface area contributed by atoms with E-state index in [0.29, 0.717) is 38.9 Å². The lowest BCUT2D eigenvalue weighted by molar-refractivity contribution is -0.151. The van der Waals surface area contributed by atoms with Gasteiger partial charge in [0, 0.05) is 26.2 Å². The Kier molecular flexibility index (Phi) is 4.86. The largest absolute Gasteiger partial charge is 0.481 e. The highest BCUT2D eigenvalue weighted by Crippen LogP contribution is 2.35. The minimum absolute atomic E-state index is 0.101. The Labute approximate surface area is 119 Å². The van der Waals surface area contributed by atoms with Crippen molar-refractivity contribution in [1.29, 1.82) is 0 Å². The predicted molar refractivity (Wildman–Crippen MR) is 73.5 cm³/mol. The number of hydrogen-bond acceptors (Lipinski definition) is 3. The van der Waals surface area contributed by atoms with E-state index in [1.807, 2.05) is 6.92 Å². The van der Waals surface area contributed by atoms with E-state index in [1.54, 1.807) is 4.90 Å². The second-order valence-corrected chi connectivity index (χ2v) is 5.75. The van der Waals surface area contributed by atoms with Crippen molar-refractivity contribution in [3.8, 4) is 0 Å². The maximum atomic E-state index is 12.0.